The molecule has 1 fully saturated rings. The zero-order chi connectivity index (χ0) is 16.4. The number of nitrogens with one attached hydrogen (secondary N) is 2. The van der Waals surface area contributed by atoms with Gasteiger partial charge in [-0.05, 0) is 26.7 Å². The summed E-state index contributed by atoms with van der Waals surface area (Å²) in [6, 6.07) is 0. The molecule has 0 spiro atoms. The third-order valence-electron chi connectivity index (χ3n) is 4.01. The number of carbonyl (C=O) groups excluding carboxylic acids is 1. The first kappa shape index (κ1) is 15.7. The number of carbonyl (C=O) groups is 1. The van der Waals surface area contributed by atoms with Crippen molar-refractivity contribution in [2.24, 2.45) is 0 Å². The number of hydrogen-bond donors (Lipinski definition) is 3. The lowest BCUT2D eigenvalue weighted by Gasteiger charge is -2.30. The maximum Gasteiger partial charge on any atom is 0.265 e. The fourth-order valence-electron chi connectivity index (χ4n) is 2.79. The molecule has 1 amide bonds. The number of aromatic amines is 1. The second-order valence-electron chi connectivity index (χ2n) is 5.61. The Morgan fingerprint density at radius 1 is 1.43 bits per heavy atom. The van der Waals surface area contributed by atoms with Crippen LogP contribution in [0.1, 0.15) is 46.9 Å². The number of nitrogens with zero attached hydrogens (tertiary/aromatic N) is 4. The van der Waals surface area contributed by atoms with E-state index in [9.17, 15) is 4.79 Å². The van der Waals surface area contributed by atoms with Crippen molar-refractivity contribution in [2.45, 2.75) is 32.6 Å². The number of thiazole rings is 1. The summed E-state index contributed by atoms with van der Waals surface area (Å²) in [5, 5.41) is 10.7. The Morgan fingerprint density at radius 2 is 2.17 bits per heavy atom. The quantitative estimate of drug-likeness (QED) is 0.782. The Labute approximate surface area is 138 Å². The van der Waals surface area contributed by atoms with Crippen LogP contribution in [0.5, 0.6) is 0 Å². The zero-order valence-electron chi connectivity index (χ0n) is 13.3. The molecule has 3 heterocycles. The van der Waals surface area contributed by atoms with Gasteiger partial charge < -0.3 is 16.0 Å². The Hall–Kier alpha value is -2.16. The monoisotopic (exact) mass is 335 g/mol. The molecule has 8 nitrogen and oxygen atoms in total. The van der Waals surface area contributed by atoms with Gasteiger partial charge in [0.25, 0.3) is 5.91 Å². The largest absolute Gasteiger partial charge is 0.367 e. The molecule has 0 aromatic carbocycles. The summed E-state index contributed by atoms with van der Waals surface area (Å²) >= 11 is 1.43. The van der Waals surface area contributed by atoms with Gasteiger partial charge in [0, 0.05) is 25.6 Å². The number of aromatic nitrogens is 4. The third-order valence-corrected chi connectivity index (χ3v) is 5.11. The smallest absolute Gasteiger partial charge is 0.265 e. The Bertz CT molecular complexity index is 687. The summed E-state index contributed by atoms with van der Waals surface area (Å²) < 4.78 is 0. The number of piperidine rings is 1. The van der Waals surface area contributed by atoms with Gasteiger partial charge in [-0.1, -0.05) is 11.3 Å². The summed E-state index contributed by atoms with van der Waals surface area (Å²) in [5.74, 6) is 1.44. The minimum Gasteiger partial charge on any atom is -0.367 e. The number of anilines is 2. The van der Waals surface area contributed by atoms with Crippen LogP contribution in [-0.2, 0) is 0 Å². The summed E-state index contributed by atoms with van der Waals surface area (Å²) in [4.78, 5) is 23.9. The van der Waals surface area contributed by atoms with E-state index in [0.717, 1.165) is 40.9 Å². The van der Waals surface area contributed by atoms with Crippen molar-refractivity contribution in [3.63, 3.8) is 0 Å². The minimum atomic E-state index is 0.0692. The number of rotatable bonds is 4. The van der Waals surface area contributed by atoms with Crippen LogP contribution in [0.25, 0.3) is 0 Å². The van der Waals surface area contributed by atoms with Gasteiger partial charge in [-0.15, -0.1) is 5.10 Å². The summed E-state index contributed by atoms with van der Waals surface area (Å²) in [6.45, 7) is 6.11. The van der Waals surface area contributed by atoms with E-state index in [-0.39, 0.29) is 17.8 Å². The van der Waals surface area contributed by atoms with Crippen molar-refractivity contribution < 1.29 is 4.79 Å². The molecule has 4 N–H and O–H groups in total. The normalized spacial score (nSPS) is 15.8. The van der Waals surface area contributed by atoms with Crippen LogP contribution in [0, 0.1) is 6.92 Å². The van der Waals surface area contributed by atoms with Crippen molar-refractivity contribution in [3.8, 4) is 0 Å². The second kappa shape index (κ2) is 6.53. The molecule has 0 atom stereocenters. The van der Waals surface area contributed by atoms with Gasteiger partial charge in [0.15, 0.2) is 5.13 Å². The highest BCUT2D eigenvalue weighted by Gasteiger charge is 2.28. The molecule has 0 saturated carbocycles. The number of nitrogens with two attached hydrogens (primary N) is 1. The fourth-order valence-corrected chi connectivity index (χ4v) is 3.79. The first-order valence-corrected chi connectivity index (χ1v) is 8.58. The number of amides is 1. The number of H-pyrrole nitrogens is 1. The maximum atomic E-state index is 12.7. The molecular weight excluding hydrogens is 314 g/mol. The molecule has 124 valence electrons. The number of aryl methyl sites for hydroxylation is 1. The second-order valence-corrected chi connectivity index (χ2v) is 6.61. The van der Waals surface area contributed by atoms with Crippen LogP contribution >= 0.6 is 11.3 Å². The molecule has 1 aliphatic heterocycles. The molecule has 0 bridgehead atoms. The van der Waals surface area contributed by atoms with Crippen LogP contribution in [0.4, 0.5) is 11.1 Å². The van der Waals surface area contributed by atoms with Gasteiger partial charge in [0.2, 0.25) is 5.95 Å². The Balaban J connectivity index is 1.64. The van der Waals surface area contributed by atoms with Crippen molar-refractivity contribution in [3.05, 3.63) is 16.4 Å². The average molecular weight is 335 g/mol. The molecule has 1 aliphatic rings. The first-order valence-electron chi connectivity index (χ1n) is 7.76. The van der Waals surface area contributed by atoms with Crippen LogP contribution in [0.15, 0.2) is 0 Å². The molecule has 2 aromatic rings. The van der Waals surface area contributed by atoms with Gasteiger partial charge in [-0.25, -0.2) is 4.98 Å². The van der Waals surface area contributed by atoms with Crippen molar-refractivity contribution in [2.75, 3.05) is 30.7 Å². The lowest BCUT2D eigenvalue weighted by Crippen LogP contribution is -2.38. The van der Waals surface area contributed by atoms with E-state index in [1.54, 1.807) is 0 Å². The Kier molecular flexibility index (Phi) is 4.46. The minimum absolute atomic E-state index is 0.0692. The third kappa shape index (κ3) is 3.29. The molecule has 0 radical (unpaired) electrons. The van der Waals surface area contributed by atoms with E-state index in [0.29, 0.717) is 13.1 Å². The van der Waals surface area contributed by atoms with Gasteiger partial charge in [-0.2, -0.15) is 4.98 Å². The molecule has 0 unspecified atom stereocenters. The number of hydrogen-bond acceptors (Lipinski definition) is 7. The fraction of sp³-hybridized carbons (Fsp3) is 0.571. The molecule has 2 aromatic heterocycles. The van der Waals surface area contributed by atoms with Gasteiger partial charge in [-0.3, -0.25) is 9.89 Å². The highest BCUT2D eigenvalue weighted by Crippen LogP contribution is 2.29. The van der Waals surface area contributed by atoms with Crippen molar-refractivity contribution in [1.29, 1.82) is 0 Å². The molecule has 0 aliphatic carbocycles. The van der Waals surface area contributed by atoms with Crippen molar-refractivity contribution in [1.82, 2.24) is 25.1 Å². The summed E-state index contributed by atoms with van der Waals surface area (Å²) in [7, 11) is 0. The number of nitrogen functional groups attached to an aromatic ring is 1. The van der Waals surface area contributed by atoms with Crippen molar-refractivity contribution >= 4 is 28.3 Å². The Morgan fingerprint density at radius 3 is 2.78 bits per heavy atom. The lowest BCUT2D eigenvalue weighted by molar-refractivity contribution is 0.0715. The molecule has 9 heteroatoms. The van der Waals surface area contributed by atoms with E-state index < -0.39 is 0 Å². The average Bonchev–Trinajstić information content (AvgIpc) is 3.13. The van der Waals surface area contributed by atoms with Crippen LogP contribution in [0.2, 0.25) is 0 Å². The summed E-state index contributed by atoms with van der Waals surface area (Å²) in [6.07, 6.45) is 1.72. The highest BCUT2D eigenvalue weighted by atomic mass is 32.1. The molecule has 1 saturated heterocycles. The number of likely N-dealkylation sites (tertiary alicyclic amines) is 1. The molecule has 3 rings (SSSR count). The lowest BCUT2D eigenvalue weighted by atomic mass is 9.96. The topological polar surface area (TPSA) is 113 Å². The van der Waals surface area contributed by atoms with Crippen LogP contribution in [-0.4, -0.2) is 50.6 Å². The van der Waals surface area contributed by atoms with E-state index in [1.807, 2.05) is 18.7 Å². The van der Waals surface area contributed by atoms with Gasteiger partial charge in [0.1, 0.15) is 10.7 Å². The van der Waals surface area contributed by atoms with E-state index in [2.05, 4.69) is 25.5 Å². The first-order chi connectivity index (χ1) is 11.1. The maximum absolute atomic E-state index is 12.7. The van der Waals surface area contributed by atoms with Crippen LogP contribution < -0.4 is 11.1 Å². The predicted molar refractivity (Wildman–Crippen MR) is 89.7 cm³/mol. The predicted octanol–water partition coefficient (Wildman–Crippen LogP) is 1.60. The highest BCUT2D eigenvalue weighted by molar-refractivity contribution is 7.17. The van der Waals surface area contributed by atoms with Gasteiger partial charge in [0.05, 0.1) is 5.69 Å². The van der Waals surface area contributed by atoms with E-state index >= 15 is 0 Å². The van der Waals surface area contributed by atoms with E-state index in [1.165, 1.54) is 11.3 Å². The SMILES string of the molecule is CCNc1nc(C)c(C(=O)N2CCC(c3nc(N)n[nH]3)CC2)s1. The van der Waals surface area contributed by atoms with E-state index in [4.69, 9.17) is 5.73 Å². The molecular formula is C14H21N7OS. The standard InChI is InChI=1S/C14H21N7OS/c1-3-16-14-17-8(2)10(23-14)12(22)21-6-4-9(5-7-21)11-18-13(15)20-19-11/h9H,3-7H2,1-2H3,(H,16,17)(H3,15,18,19,20). The van der Waals surface area contributed by atoms with Crippen LogP contribution in [0.3, 0.4) is 0 Å². The summed E-state index contributed by atoms with van der Waals surface area (Å²) in [5.41, 5.74) is 6.34. The zero-order valence-corrected chi connectivity index (χ0v) is 14.1. The van der Waals surface area contributed by atoms with Gasteiger partial charge >= 0.3 is 0 Å². The molecule has 23 heavy (non-hydrogen) atoms.